The number of rotatable bonds is 5. The van der Waals surface area contributed by atoms with Gasteiger partial charge in [-0.25, -0.2) is 0 Å². The van der Waals surface area contributed by atoms with Gasteiger partial charge in [-0.2, -0.15) is 0 Å². The maximum absolute atomic E-state index is 10.5. The second-order valence-corrected chi connectivity index (χ2v) is 7.48. The summed E-state index contributed by atoms with van der Waals surface area (Å²) in [5.41, 5.74) is -0.0914. The van der Waals surface area contributed by atoms with Crippen molar-refractivity contribution < 1.29 is 59.6 Å². The largest absolute Gasteiger partial charge is 0.462 e. The van der Waals surface area contributed by atoms with Gasteiger partial charge in [0.15, 0.2) is 6.29 Å². The van der Waals surface area contributed by atoms with Crippen LogP contribution < -0.4 is 4.74 Å². The Kier molecular flexibility index (Phi) is 9.86. The van der Waals surface area contributed by atoms with E-state index in [1.165, 1.54) is 38.3 Å². The first kappa shape index (κ1) is 27.3. The monoisotopic (exact) mass is 479 g/mol. The van der Waals surface area contributed by atoms with Gasteiger partial charge in [0.2, 0.25) is 6.29 Å². The van der Waals surface area contributed by atoms with Crippen LogP contribution >= 0.6 is 0 Å². The lowest BCUT2D eigenvalue weighted by atomic mass is 9.99. The number of ether oxygens (including phenoxy) is 4. The molecule has 0 radical (unpaired) electrons. The van der Waals surface area contributed by atoms with Crippen LogP contribution in [-0.2, 0) is 14.2 Å². The summed E-state index contributed by atoms with van der Waals surface area (Å²) in [6.07, 6.45) is -11.8. The van der Waals surface area contributed by atoms with E-state index in [9.17, 15) is 40.8 Å². The minimum absolute atomic E-state index is 0.0914. The van der Waals surface area contributed by atoms with Gasteiger partial charge < -0.3 is 54.7 Å². The second kappa shape index (κ2) is 11.9. The molecule has 0 amide bonds. The maximum Gasteiger partial charge on any atom is 0.269 e. The Labute approximate surface area is 188 Å². The third-order valence-electron chi connectivity index (χ3n) is 5.19. The fraction of sp³-hybridized carbons (Fsp3) is 0.684. The number of nitro groups is 1. The molecule has 7 N–H and O–H groups in total. The van der Waals surface area contributed by atoms with E-state index >= 15 is 0 Å². The summed E-state index contributed by atoms with van der Waals surface area (Å²) in [5, 5.41) is 76.0. The summed E-state index contributed by atoms with van der Waals surface area (Å²) in [6.45, 7) is 1.09. The molecule has 2 aliphatic heterocycles. The number of nitrogens with zero attached hydrogens (tertiary/aromatic N) is 1. The zero-order valence-corrected chi connectivity index (χ0v) is 17.8. The third kappa shape index (κ3) is 6.54. The van der Waals surface area contributed by atoms with Crippen molar-refractivity contribution in [1.82, 2.24) is 0 Å². The van der Waals surface area contributed by atoms with E-state index in [1.807, 2.05) is 0 Å². The van der Waals surface area contributed by atoms with Gasteiger partial charge in [-0.15, -0.1) is 0 Å². The number of aliphatic hydroxyl groups is 7. The summed E-state index contributed by atoms with van der Waals surface area (Å²) in [4.78, 5) is 9.97. The van der Waals surface area contributed by atoms with Crippen LogP contribution in [0.15, 0.2) is 24.3 Å². The van der Waals surface area contributed by atoms with Gasteiger partial charge in [-0.05, 0) is 19.1 Å². The number of nitro benzene ring substituents is 1. The summed E-state index contributed by atoms with van der Waals surface area (Å²) >= 11 is 0. The normalized spacial score (nSPS) is 38.7. The SMILES string of the molecule is CC1OC(Oc2ccc([N+](=O)[O-])cc2)C(O)C(O)C1O.COC1OC(CO)C(O)C(O)C1O. The van der Waals surface area contributed by atoms with E-state index in [0.29, 0.717) is 0 Å². The Morgan fingerprint density at radius 3 is 1.94 bits per heavy atom. The molecule has 10 unspecified atom stereocenters. The molecule has 0 spiro atoms. The summed E-state index contributed by atoms with van der Waals surface area (Å²) in [5.74, 6) is 0.246. The van der Waals surface area contributed by atoms with Gasteiger partial charge in [0.05, 0.1) is 17.6 Å². The lowest BCUT2D eigenvalue weighted by molar-refractivity contribution is -0.384. The average Bonchev–Trinajstić information content (AvgIpc) is 2.80. The summed E-state index contributed by atoms with van der Waals surface area (Å²) < 4.78 is 20.2. The van der Waals surface area contributed by atoms with E-state index in [-0.39, 0.29) is 11.4 Å². The van der Waals surface area contributed by atoms with Crippen molar-refractivity contribution in [1.29, 1.82) is 0 Å². The quantitative estimate of drug-likeness (QED) is 0.168. The number of benzene rings is 1. The van der Waals surface area contributed by atoms with Crippen molar-refractivity contribution >= 4 is 5.69 Å². The van der Waals surface area contributed by atoms with Crippen molar-refractivity contribution in [2.24, 2.45) is 0 Å². The van der Waals surface area contributed by atoms with E-state index < -0.39 is 72.9 Å². The Balaban J connectivity index is 0.000000257. The van der Waals surface area contributed by atoms with Crippen LogP contribution in [0.2, 0.25) is 0 Å². The van der Waals surface area contributed by atoms with Gasteiger partial charge in [0.25, 0.3) is 5.69 Å². The topological polar surface area (TPSA) is 222 Å². The first-order valence-electron chi connectivity index (χ1n) is 9.95. The molecule has 2 fully saturated rings. The molecule has 0 aliphatic carbocycles. The Bertz CT molecular complexity index is 730. The first-order chi connectivity index (χ1) is 15.5. The first-order valence-corrected chi connectivity index (χ1v) is 9.95. The minimum Gasteiger partial charge on any atom is -0.462 e. The molecule has 2 aliphatic rings. The molecule has 1 aromatic rings. The van der Waals surface area contributed by atoms with Gasteiger partial charge in [-0.3, -0.25) is 10.1 Å². The molecule has 2 saturated heterocycles. The second-order valence-electron chi connectivity index (χ2n) is 7.48. The van der Waals surface area contributed by atoms with Gasteiger partial charge in [-0.1, -0.05) is 0 Å². The molecule has 0 bridgehead atoms. The van der Waals surface area contributed by atoms with Crippen LogP contribution in [0.5, 0.6) is 5.75 Å². The predicted octanol–water partition coefficient (Wildman–Crippen LogP) is -2.77. The lowest BCUT2D eigenvalue weighted by Crippen LogP contribution is -2.58. The third-order valence-corrected chi connectivity index (χ3v) is 5.19. The Hall–Kier alpha value is -1.98. The number of methoxy groups -OCH3 is 1. The molecule has 33 heavy (non-hydrogen) atoms. The molecule has 188 valence electrons. The number of aliphatic hydroxyl groups excluding tert-OH is 7. The van der Waals surface area contributed by atoms with Crippen LogP contribution in [0.4, 0.5) is 5.69 Å². The fourth-order valence-electron chi connectivity index (χ4n) is 3.15. The molecular formula is C19H29NO13. The van der Waals surface area contributed by atoms with Gasteiger partial charge in [0.1, 0.15) is 48.5 Å². The highest BCUT2D eigenvalue weighted by Crippen LogP contribution is 2.25. The van der Waals surface area contributed by atoms with Gasteiger partial charge >= 0.3 is 0 Å². The maximum atomic E-state index is 10.5. The van der Waals surface area contributed by atoms with Crippen molar-refractivity contribution in [3.05, 3.63) is 34.4 Å². The van der Waals surface area contributed by atoms with E-state index in [0.717, 1.165) is 0 Å². The van der Waals surface area contributed by atoms with E-state index in [1.54, 1.807) is 0 Å². The van der Waals surface area contributed by atoms with Crippen LogP contribution in [-0.4, -0.2) is 116 Å². The standard InChI is InChI=1S/C12H15NO7.C7H14O6/c1-6-9(14)10(15)11(16)12(19-6)20-8-4-2-7(3-5-8)13(17)18;1-12-7-6(11)5(10)4(9)3(2-8)13-7/h2-6,9-12,14-16H,1H3;3-11H,2H2,1H3. The fourth-order valence-corrected chi connectivity index (χ4v) is 3.15. The molecule has 3 rings (SSSR count). The van der Waals surface area contributed by atoms with Crippen LogP contribution in [0, 0.1) is 10.1 Å². The van der Waals surface area contributed by atoms with Crippen molar-refractivity contribution in [3.63, 3.8) is 0 Å². The highest BCUT2D eigenvalue weighted by molar-refractivity contribution is 5.36. The highest BCUT2D eigenvalue weighted by Gasteiger charge is 2.44. The van der Waals surface area contributed by atoms with Crippen LogP contribution in [0.1, 0.15) is 6.92 Å². The van der Waals surface area contributed by atoms with E-state index in [4.69, 9.17) is 24.1 Å². The van der Waals surface area contributed by atoms with E-state index in [2.05, 4.69) is 0 Å². The zero-order chi connectivity index (χ0) is 24.9. The summed E-state index contributed by atoms with van der Waals surface area (Å²) in [6, 6.07) is 5.21. The molecule has 1 aromatic carbocycles. The highest BCUT2D eigenvalue weighted by atomic mass is 16.7. The number of non-ortho nitro benzene ring substituents is 1. The van der Waals surface area contributed by atoms with Gasteiger partial charge in [0, 0.05) is 19.2 Å². The molecule has 0 aromatic heterocycles. The van der Waals surface area contributed by atoms with Crippen LogP contribution in [0.25, 0.3) is 0 Å². The average molecular weight is 479 g/mol. The molecule has 2 heterocycles. The number of hydrogen-bond donors (Lipinski definition) is 7. The molecule has 0 saturated carbocycles. The Morgan fingerprint density at radius 1 is 0.879 bits per heavy atom. The molecule has 10 atom stereocenters. The lowest BCUT2D eigenvalue weighted by Gasteiger charge is -2.38. The van der Waals surface area contributed by atoms with Crippen molar-refractivity contribution in [2.45, 2.75) is 68.3 Å². The number of hydrogen-bond acceptors (Lipinski definition) is 13. The molecular weight excluding hydrogens is 450 g/mol. The zero-order valence-electron chi connectivity index (χ0n) is 17.8. The predicted molar refractivity (Wildman–Crippen MR) is 107 cm³/mol. The smallest absolute Gasteiger partial charge is 0.269 e. The van der Waals surface area contributed by atoms with Crippen molar-refractivity contribution in [3.8, 4) is 5.75 Å². The van der Waals surface area contributed by atoms with Crippen LogP contribution in [0.3, 0.4) is 0 Å². The summed E-state index contributed by atoms with van der Waals surface area (Å²) in [7, 11) is 1.30. The Morgan fingerprint density at radius 2 is 1.42 bits per heavy atom. The molecule has 14 heteroatoms. The van der Waals surface area contributed by atoms with Crippen molar-refractivity contribution in [2.75, 3.05) is 13.7 Å². The molecule has 14 nitrogen and oxygen atoms in total. The minimum atomic E-state index is -1.42.